The molecule has 0 fully saturated rings. The van der Waals surface area contributed by atoms with Crippen molar-refractivity contribution in [3.8, 4) is 5.75 Å². The van der Waals surface area contributed by atoms with Crippen molar-refractivity contribution < 1.29 is 9.84 Å². The first-order valence-corrected chi connectivity index (χ1v) is 7.18. The lowest BCUT2D eigenvalue weighted by atomic mass is 10.0. The van der Waals surface area contributed by atoms with Crippen LogP contribution >= 0.6 is 15.9 Å². The molecule has 1 unspecified atom stereocenters. The second-order valence-corrected chi connectivity index (χ2v) is 5.63. The zero-order valence-electron chi connectivity index (χ0n) is 10.7. The molecule has 0 amide bonds. The van der Waals surface area contributed by atoms with Crippen LogP contribution in [0.5, 0.6) is 5.75 Å². The molecule has 1 aliphatic rings. The van der Waals surface area contributed by atoms with Crippen molar-refractivity contribution in [1.82, 2.24) is 0 Å². The smallest absolute Gasteiger partial charge is 0.119 e. The van der Waals surface area contributed by atoms with Gasteiger partial charge in [0.05, 0.1) is 13.2 Å². The highest BCUT2D eigenvalue weighted by atomic mass is 79.9. The van der Waals surface area contributed by atoms with E-state index in [1.54, 1.807) is 7.11 Å². The third-order valence-corrected chi connectivity index (χ3v) is 4.12. The molecule has 0 aromatic heterocycles. The number of rotatable bonds is 3. The number of benzene rings is 1. The lowest BCUT2D eigenvalue weighted by molar-refractivity contribution is 0.211. The zero-order valence-corrected chi connectivity index (χ0v) is 12.2. The molecule has 1 aliphatic carbocycles. The van der Waals surface area contributed by atoms with E-state index in [9.17, 15) is 5.11 Å². The number of hydrogen-bond acceptors (Lipinski definition) is 2. The molecular weight excluding hydrogens is 292 g/mol. The highest BCUT2D eigenvalue weighted by molar-refractivity contribution is 9.10. The molecule has 3 heteroatoms. The predicted octanol–water partition coefficient (Wildman–Crippen LogP) is 3.86. The van der Waals surface area contributed by atoms with E-state index in [0.717, 1.165) is 35.9 Å². The predicted molar refractivity (Wildman–Crippen MR) is 77.0 cm³/mol. The van der Waals surface area contributed by atoms with Crippen LogP contribution in [0.1, 0.15) is 31.2 Å². The Balaban J connectivity index is 2.17. The Morgan fingerprint density at radius 2 is 2.22 bits per heavy atom. The summed E-state index contributed by atoms with van der Waals surface area (Å²) in [5.74, 6) is 0.878. The average Bonchev–Trinajstić information content (AvgIpc) is 2.56. The van der Waals surface area contributed by atoms with Crippen molar-refractivity contribution in [2.24, 2.45) is 0 Å². The van der Waals surface area contributed by atoms with Crippen LogP contribution < -0.4 is 4.74 Å². The summed E-state index contributed by atoms with van der Waals surface area (Å²) in [4.78, 5) is 0. The maximum absolute atomic E-state index is 9.79. The minimum atomic E-state index is -0.271. The summed E-state index contributed by atoms with van der Waals surface area (Å²) in [6.45, 7) is 0. The minimum absolute atomic E-state index is 0.271. The van der Waals surface area contributed by atoms with Gasteiger partial charge in [-0.25, -0.2) is 0 Å². The summed E-state index contributed by atoms with van der Waals surface area (Å²) in [6.07, 6.45) is 6.90. The lowest BCUT2D eigenvalue weighted by Crippen LogP contribution is -2.01. The van der Waals surface area contributed by atoms with Crippen LogP contribution in [0.3, 0.4) is 0 Å². The summed E-state index contributed by atoms with van der Waals surface area (Å²) in [5.41, 5.74) is 2.55. The first-order valence-electron chi connectivity index (χ1n) is 6.39. The molecule has 2 nitrogen and oxygen atoms in total. The summed E-state index contributed by atoms with van der Waals surface area (Å²) >= 11 is 3.58. The minimum Gasteiger partial charge on any atom is -0.497 e. The van der Waals surface area contributed by atoms with Crippen molar-refractivity contribution in [1.29, 1.82) is 0 Å². The number of halogens is 1. The van der Waals surface area contributed by atoms with Gasteiger partial charge in [-0.1, -0.05) is 34.0 Å². The van der Waals surface area contributed by atoms with Crippen molar-refractivity contribution in [3.63, 3.8) is 0 Å². The van der Waals surface area contributed by atoms with Crippen molar-refractivity contribution in [2.45, 2.75) is 38.2 Å². The Labute approximate surface area is 117 Å². The number of aliphatic hydroxyl groups excluding tert-OH is 1. The maximum atomic E-state index is 9.79. The van der Waals surface area contributed by atoms with Crippen LogP contribution in [0.4, 0.5) is 0 Å². The Morgan fingerprint density at radius 3 is 3.00 bits per heavy atom. The Bertz CT molecular complexity index is 440. The van der Waals surface area contributed by atoms with Crippen LogP contribution in [-0.2, 0) is 6.42 Å². The quantitative estimate of drug-likeness (QED) is 0.859. The molecule has 98 valence electrons. The Hall–Kier alpha value is -0.800. The van der Waals surface area contributed by atoms with E-state index in [-0.39, 0.29) is 6.10 Å². The molecule has 0 heterocycles. The second kappa shape index (κ2) is 6.39. The van der Waals surface area contributed by atoms with Gasteiger partial charge in [0.15, 0.2) is 0 Å². The molecule has 0 spiro atoms. The van der Waals surface area contributed by atoms with Gasteiger partial charge >= 0.3 is 0 Å². The Morgan fingerprint density at radius 1 is 1.39 bits per heavy atom. The van der Waals surface area contributed by atoms with E-state index in [2.05, 4.69) is 22.0 Å². The number of aliphatic hydroxyl groups is 1. The molecule has 1 aromatic carbocycles. The van der Waals surface area contributed by atoms with Crippen molar-refractivity contribution in [3.05, 3.63) is 39.9 Å². The first-order chi connectivity index (χ1) is 8.69. The fourth-order valence-corrected chi connectivity index (χ4v) is 2.74. The first kappa shape index (κ1) is 13.6. The van der Waals surface area contributed by atoms with Gasteiger partial charge < -0.3 is 9.84 Å². The summed E-state index contributed by atoms with van der Waals surface area (Å²) in [7, 11) is 1.68. The number of ether oxygens (including phenoxy) is 1. The molecule has 1 atom stereocenters. The van der Waals surface area contributed by atoms with E-state index < -0.39 is 0 Å². The largest absolute Gasteiger partial charge is 0.497 e. The number of allylic oxidation sites excluding steroid dienone is 1. The van der Waals surface area contributed by atoms with Crippen LogP contribution in [-0.4, -0.2) is 18.3 Å². The molecule has 0 aliphatic heterocycles. The molecule has 2 rings (SSSR count). The second-order valence-electron chi connectivity index (χ2n) is 4.77. The van der Waals surface area contributed by atoms with E-state index >= 15 is 0 Å². The SMILES string of the molecule is COc1ccc(Br)c(CC2=CC(O)CCCC2)c1. The number of hydrogen-bond donors (Lipinski definition) is 1. The van der Waals surface area contributed by atoms with E-state index in [4.69, 9.17) is 4.74 Å². The van der Waals surface area contributed by atoms with Gasteiger partial charge in [0.1, 0.15) is 5.75 Å². The van der Waals surface area contributed by atoms with Gasteiger partial charge in [-0.3, -0.25) is 0 Å². The van der Waals surface area contributed by atoms with Crippen molar-refractivity contribution >= 4 is 15.9 Å². The highest BCUT2D eigenvalue weighted by Crippen LogP contribution is 2.27. The molecule has 0 saturated carbocycles. The lowest BCUT2D eigenvalue weighted by Gasteiger charge is -2.10. The van der Waals surface area contributed by atoms with Gasteiger partial charge in [-0.15, -0.1) is 0 Å². The van der Waals surface area contributed by atoms with E-state index in [0.29, 0.717) is 0 Å². The monoisotopic (exact) mass is 310 g/mol. The van der Waals surface area contributed by atoms with Gasteiger partial charge in [0, 0.05) is 4.47 Å². The average molecular weight is 311 g/mol. The molecule has 0 radical (unpaired) electrons. The summed E-state index contributed by atoms with van der Waals surface area (Å²) in [5, 5.41) is 9.79. The molecule has 18 heavy (non-hydrogen) atoms. The molecule has 1 N–H and O–H groups in total. The van der Waals surface area contributed by atoms with Crippen molar-refractivity contribution in [2.75, 3.05) is 7.11 Å². The maximum Gasteiger partial charge on any atom is 0.119 e. The van der Waals surface area contributed by atoms with E-state index in [1.807, 2.05) is 18.2 Å². The highest BCUT2D eigenvalue weighted by Gasteiger charge is 2.11. The molecule has 0 bridgehead atoms. The Kier molecular flexibility index (Phi) is 4.84. The fourth-order valence-electron chi connectivity index (χ4n) is 2.35. The standard InChI is InChI=1S/C15H19BrO2/c1-18-14-6-7-15(16)12(10-14)8-11-4-2-3-5-13(17)9-11/h6-7,9-10,13,17H,2-5,8H2,1H3. The van der Waals surface area contributed by atoms with Gasteiger partial charge in [0.2, 0.25) is 0 Å². The normalized spacial score (nSPS) is 20.2. The third kappa shape index (κ3) is 3.59. The van der Waals surface area contributed by atoms with Gasteiger partial charge in [-0.2, -0.15) is 0 Å². The topological polar surface area (TPSA) is 29.5 Å². The van der Waals surface area contributed by atoms with E-state index in [1.165, 1.54) is 17.6 Å². The van der Waals surface area contributed by atoms with Crippen LogP contribution in [0.25, 0.3) is 0 Å². The molecular formula is C15H19BrO2. The fraction of sp³-hybridized carbons (Fsp3) is 0.467. The number of methoxy groups -OCH3 is 1. The summed E-state index contributed by atoms with van der Waals surface area (Å²) in [6, 6.07) is 6.02. The third-order valence-electron chi connectivity index (χ3n) is 3.35. The molecule has 1 aromatic rings. The molecule has 0 saturated heterocycles. The van der Waals surface area contributed by atoms with Crippen LogP contribution in [0.2, 0.25) is 0 Å². The van der Waals surface area contributed by atoms with Gasteiger partial charge in [0.25, 0.3) is 0 Å². The van der Waals surface area contributed by atoms with Gasteiger partial charge in [-0.05, 0) is 49.4 Å². The van der Waals surface area contributed by atoms with Crippen LogP contribution in [0, 0.1) is 0 Å². The zero-order chi connectivity index (χ0) is 13.0. The summed E-state index contributed by atoms with van der Waals surface area (Å²) < 4.78 is 6.36. The van der Waals surface area contributed by atoms with Crippen LogP contribution in [0.15, 0.2) is 34.3 Å².